The Labute approximate surface area is 178 Å². The van der Waals surface area contributed by atoms with E-state index >= 15 is 0 Å². The van der Waals surface area contributed by atoms with Crippen molar-refractivity contribution >= 4 is 10.9 Å². The van der Waals surface area contributed by atoms with Gasteiger partial charge >= 0.3 is 0 Å². The van der Waals surface area contributed by atoms with E-state index in [2.05, 4.69) is 27.8 Å². The molecule has 146 valence electrons. The van der Waals surface area contributed by atoms with E-state index in [1.165, 1.54) is 0 Å². The zero-order valence-electron chi connectivity index (χ0n) is 21.6. The quantitative estimate of drug-likeness (QED) is 0.369. The van der Waals surface area contributed by atoms with Crippen LogP contribution in [0.2, 0.25) is 0 Å². The van der Waals surface area contributed by atoms with E-state index in [4.69, 9.17) is 5.48 Å². The van der Waals surface area contributed by atoms with Crippen molar-refractivity contribution in [1.82, 2.24) is 9.55 Å². The second-order valence-corrected chi connectivity index (χ2v) is 8.28. The van der Waals surface area contributed by atoms with Gasteiger partial charge in [0.25, 0.3) is 0 Å². The number of nitrogens with zero attached hydrogens (tertiary/aromatic N) is 3. The molecule has 0 saturated heterocycles. The van der Waals surface area contributed by atoms with Crippen molar-refractivity contribution in [1.29, 1.82) is 0 Å². The fraction of sp³-hybridized carbons (Fsp3) is 0.308. The van der Waals surface area contributed by atoms with Crippen LogP contribution in [0, 0.1) is 20.7 Å². The number of benzene rings is 2. The van der Waals surface area contributed by atoms with Crippen LogP contribution in [0.25, 0.3) is 27.8 Å². The SMILES string of the molecule is [2H]C([2H])([2H])c1cc2c(c(-c3ccc4c(C([2H])(C)C)cccc4[n+]3C)c1C)Cc1nc(C)cn1-2. The van der Waals surface area contributed by atoms with Gasteiger partial charge in [-0.1, -0.05) is 26.0 Å². The third-order valence-corrected chi connectivity index (χ3v) is 6.17. The minimum Gasteiger partial charge on any atom is -0.303 e. The lowest BCUT2D eigenvalue weighted by Gasteiger charge is -2.15. The Bertz CT molecular complexity index is 1440. The average Bonchev–Trinajstić information content (AvgIpc) is 3.22. The Morgan fingerprint density at radius 3 is 2.79 bits per heavy atom. The number of imidazole rings is 1. The van der Waals surface area contributed by atoms with E-state index in [9.17, 15) is 0 Å². The summed E-state index contributed by atoms with van der Waals surface area (Å²) in [6.45, 7) is 5.45. The van der Waals surface area contributed by atoms with Crippen molar-refractivity contribution in [3.63, 3.8) is 0 Å². The summed E-state index contributed by atoms with van der Waals surface area (Å²) in [4.78, 5) is 4.67. The van der Waals surface area contributed by atoms with Crippen LogP contribution < -0.4 is 4.57 Å². The van der Waals surface area contributed by atoms with Crippen molar-refractivity contribution in [3.8, 4) is 16.9 Å². The van der Waals surface area contributed by atoms with Crippen molar-refractivity contribution in [2.45, 2.75) is 46.9 Å². The van der Waals surface area contributed by atoms with Crippen LogP contribution in [0.15, 0.2) is 42.6 Å². The summed E-state index contributed by atoms with van der Waals surface area (Å²) in [5.41, 5.74) is 8.00. The molecular formula is C26H28N3+. The van der Waals surface area contributed by atoms with Crippen LogP contribution in [0.1, 0.15) is 59.0 Å². The summed E-state index contributed by atoms with van der Waals surface area (Å²) in [7, 11) is 2.02. The maximum Gasteiger partial charge on any atom is 0.213 e. The molecule has 0 spiro atoms. The number of pyridine rings is 1. The zero-order valence-corrected chi connectivity index (χ0v) is 17.6. The van der Waals surface area contributed by atoms with E-state index < -0.39 is 12.7 Å². The van der Waals surface area contributed by atoms with Crippen LogP contribution in [0.4, 0.5) is 0 Å². The highest BCUT2D eigenvalue weighted by atomic mass is 15.1. The van der Waals surface area contributed by atoms with Gasteiger partial charge in [-0.05, 0) is 61.0 Å². The molecule has 0 atom stereocenters. The fourth-order valence-electron chi connectivity index (χ4n) is 4.71. The summed E-state index contributed by atoms with van der Waals surface area (Å²) in [5.74, 6) is 0.215. The van der Waals surface area contributed by atoms with Crippen molar-refractivity contribution in [2.75, 3.05) is 0 Å². The number of rotatable bonds is 2. The van der Waals surface area contributed by atoms with Gasteiger partial charge in [0.05, 0.1) is 16.9 Å². The first-order valence-electron chi connectivity index (χ1n) is 12.0. The van der Waals surface area contributed by atoms with Crippen molar-refractivity contribution < 1.29 is 10.1 Å². The predicted octanol–water partition coefficient (Wildman–Crippen LogP) is 5.47. The van der Waals surface area contributed by atoms with Crippen LogP contribution in [0.5, 0.6) is 0 Å². The largest absolute Gasteiger partial charge is 0.303 e. The minimum absolute atomic E-state index is 0.372. The molecule has 0 bridgehead atoms. The van der Waals surface area contributed by atoms with Gasteiger partial charge in [0, 0.05) is 35.6 Å². The normalized spacial score (nSPS) is 15.5. The summed E-state index contributed by atoms with van der Waals surface area (Å²) in [5, 5.41) is 1.04. The van der Waals surface area contributed by atoms with Crippen molar-refractivity contribution in [2.24, 2.45) is 7.05 Å². The van der Waals surface area contributed by atoms with Crippen molar-refractivity contribution in [3.05, 3.63) is 76.4 Å². The Morgan fingerprint density at radius 1 is 1.21 bits per heavy atom. The molecule has 2 aromatic carbocycles. The first-order chi connectivity index (χ1) is 15.4. The Hall–Kier alpha value is -2.94. The highest BCUT2D eigenvalue weighted by Gasteiger charge is 2.29. The van der Waals surface area contributed by atoms with Crippen LogP contribution in [-0.4, -0.2) is 9.55 Å². The first-order valence-corrected chi connectivity index (χ1v) is 10.0. The lowest BCUT2D eigenvalue weighted by atomic mass is 9.91. The molecular weight excluding hydrogens is 354 g/mol. The maximum absolute atomic E-state index is 8.57. The molecule has 3 heteroatoms. The lowest BCUT2D eigenvalue weighted by molar-refractivity contribution is -0.633. The summed E-state index contributed by atoms with van der Waals surface area (Å²) < 4.78 is 37.3. The Morgan fingerprint density at radius 2 is 2.03 bits per heavy atom. The van der Waals surface area contributed by atoms with Gasteiger partial charge in [-0.25, -0.2) is 4.98 Å². The third kappa shape index (κ3) is 2.57. The molecule has 0 fully saturated rings. The number of hydrogen-bond acceptors (Lipinski definition) is 1. The van der Waals surface area contributed by atoms with Gasteiger partial charge in [-0.2, -0.15) is 4.57 Å². The van der Waals surface area contributed by atoms with Gasteiger partial charge in [-0.3, -0.25) is 0 Å². The summed E-state index contributed by atoms with van der Waals surface area (Å²) >= 11 is 0. The molecule has 1 aliphatic rings. The summed E-state index contributed by atoms with van der Waals surface area (Å²) in [6.07, 6.45) is 2.64. The van der Waals surface area contributed by atoms with E-state index in [1.807, 2.05) is 63.7 Å². The maximum atomic E-state index is 8.57. The zero-order chi connectivity index (χ0) is 23.9. The molecule has 0 amide bonds. The van der Waals surface area contributed by atoms with Gasteiger partial charge in [0.1, 0.15) is 12.9 Å². The smallest absolute Gasteiger partial charge is 0.213 e. The number of fused-ring (bicyclic) bond motifs is 4. The molecule has 0 aliphatic carbocycles. The highest BCUT2D eigenvalue weighted by molar-refractivity contribution is 5.83. The third-order valence-electron chi connectivity index (χ3n) is 6.17. The standard InChI is InChI=1S/C26H28N3/c1-15(2)19-8-7-9-22-20(19)10-11-23(28(22)6)26-18(5)16(3)12-24-21(26)13-25-27-17(4)14-29(24)25/h7-12,14-15H,13H2,1-6H3/q+1/i3D3,15D. The lowest BCUT2D eigenvalue weighted by Crippen LogP contribution is -2.32. The first kappa shape index (κ1) is 14.1. The number of aryl methyl sites for hydroxylation is 3. The molecule has 1 aliphatic heterocycles. The van der Waals surface area contributed by atoms with E-state index in [0.29, 0.717) is 12.0 Å². The van der Waals surface area contributed by atoms with Gasteiger partial charge < -0.3 is 4.57 Å². The second kappa shape index (κ2) is 6.28. The molecule has 0 saturated carbocycles. The molecule has 3 heterocycles. The molecule has 3 nitrogen and oxygen atoms in total. The summed E-state index contributed by atoms with van der Waals surface area (Å²) in [6, 6.07) is 12.0. The van der Waals surface area contributed by atoms with Gasteiger partial charge in [0.15, 0.2) is 0 Å². The van der Waals surface area contributed by atoms with E-state index in [0.717, 1.165) is 56.1 Å². The van der Waals surface area contributed by atoms with Crippen LogP contribution in [-0.2, 0) is 13.5 Å². The molecule has 2 aromatic heterocycles. The number of hydrogen-bond donors (Lipinski definition) is 0. The Balaban J connectivity index is 1.84. The molecule has 29 heavy (non-hydrogen) atoms. The van der Waals surface area contributed by atoms with Crippen LogP contribution >= 0.6 is 0 Å². The molecule has 5 rings (SSSR count). The molecule has 0 radical (unpaired) electrons. The van der Waals surface area contributed by atoms with E-state index in [-0.39, 0.29) is 0 Å². The topological polar surface area (TPSA) is 21.7 Å². The second-order valence-electron chi connectivity index (χ2n) is 8.28. The minimum atomic E-state index is -2.22. The Kier molecular flexibility index (Phi) is 3.06. The molecule has 0 unspecified atom stereocenters. The van der Waals surface area contributed by atoms with Gasteiger partial charge in [0.2, 0.25) is 11.2 Å². The average molecular weight is 387 g/mol. The van der Waals surface area contributed by atoms with Gasteiger partial charge in [-0.15, -0.1) is 0 Å². The number of aromatic nitrogens is 3. The van der Waals surface area contributed by atoms with Crippen LogP contribution in [0.3, 0.4) is 0 Å². The molecule has 4 aromatic rings. The molecule has 0 N–H and O–H groups in total. The monoisotopic (exact) mass is 386 g/mol. The highest BCUT2D eigenvalue weighted by Crippen LogP contribution is 2.39. The predicted molar refractivity (Wildman–Crippen MR) is 119 cm³/mol. The van der Waals surface area contributed by atoms with E-state index in [1.54, 1.807) is 0 Å². The fourth-order valence-corrected chi connectivity index (χ4v) is 4.71.